The highest BCUT2D eigenvalue weighted by molar-refractivity contribution is 7.09. The topological polar surface area (TPSA) is 44.8 Å². The molecule has 190 valence electrons. The summed E-state index contributed by atoms with van der Waals surface area (Å²) in [6.07, 6.45) is 12.7. The quantitative estimate of drug-likeness (QED) is 0.533. The predicted molar refractivity (Wildman–Crippen MR) is 143 cm³/mol. The van der Waals surface area contributed by atoms with Crippen molar-refractivity contribution in [3.63, 3.8) is 0 Å². The van der Waals surface area contributed by atoms with Gasteiger partial charge in [0.15, 0.2) is 6.61 Å². The summed E-state index contributed by atoms with van der Waals surface area (Å²) in [7, 11) is 0. The number of fused-ring (bicyclic) bond motifs is 1. The van der Waals surface area contributed by atoms with E-state index in [1.54, 1.807) is 11.3 Å². The lowest BCUT2D eigenvalue weighted by Crippen LogP contribution is -2.51. The number of thiophene rings is 1. The molecule has 1 amide bonds. The molecular weight excluding hydrogens is 454 g/mol. The minimum atomic E-state index is 0.0731. The van der Waals surface area contributed by atoms with Crippen molar-refractivity contribution in [1.29, 1.82) is 0 Å². The minimum absolute atomic E-state index is 0.0731. The summed E-state index contributed by atoms with van der Waals surface area (Å²) in [5.41, 5.74) is 6.60. The summed E-state index contributed by atoms with van der Waals surface area (Å²) in [6.45, 7) is 5.27. The van der Waals surface area contributed by atoms with Crippen LogP contribution >= 0.6 is 11.3 Å². The highest BCUT2D eigenvalue weighted by Crippen LogP contribution is 2.31. The van der Waals surface area contributed by atoms with Crippen LogP contribution in [0.25, 0.3) is 0 Å². The zero-order valence-corrected chi connectivity index (χ0v) is 22.2. The minimum Gasteiger partial charge on any atom is -0.484 e. The zero-order valence-electron chi connectivity index (χ0n) is 21.4. The Kier molecular flexibility index (Phi) is 8.11. The van der Waals surface area contributed by atoms with Crippen LogP contribution in [-0.4, -0.2) is 46.6 Å². The van der Waals surface area contributed by atoms with Gasteiger partial charge in [0.2, 0.25) is 0 Å². The van der Waals surface area contributed by atoms with Crippen LogP contribution < -0.4 is 10.2 Å². The summed E-state index contributed by atoms with van der Waals surface area (Å²) in [5, 5.41) is 4.59. The third kappa shape index (κ3) is 5.76. The lowest BCUT2D eigenvalue weighted by molar-refractivity contribution is -0.137. The summed E-state index contributed by atoms with van der Waals surface area (Å²) < 4.78 is 6.08. The van der Waals surface area contributed by atoms with E-state index in [2.05, 4.69) is 58.8 Å². The van der Waals surface area contributed by atoms with Crippen molar-refractivity contribution in [3.05, 3.63) is 51.7 Å². The molecule has 1 aliphatic heterocycles. The number of hydrogen-bond donors (Lipinski definition) is 1. The molecule has 0 radical (unpaired) electrons. The van der Waals surface area contributed by atoms with E-state index in [0.29, 0.717) is 12.6 Å². The highest BCUT2D eigenvalue weighted by atomic mass is 32.1. The number of ether oxygens (including phenoxy) is 1. The number of carbonyl (C=O) groups is 1. The van der Waals surface area contributed by atoms with Crippen molar-refractivity contribution in [2.45, 2.75) is 109 Å². The van der Waals surface area contributed by atoms with E-state index < -0.39 is 0 Å². The SMILES string of the molecule is CC1NN(C2CCCCCCC2)C(C)C1N(Cc1cccs1)C(=O)COc1ccc2c(c1)CCC2. The summed E-state index contributed by atoms with van der Waals surface area (Å²) in [5.74, 6) is 0.890. The third-order valence-electron chi connectivity index (χ3n) is 8.28. The van der Waals surface area contributed by atoms with Crippen LogP contribution in [0.3, 0.4) is 0 Å². The third-order valence-corrected chi connectivity index (χ3v) is 9.15. The van der Waals surface area contributed by atoms with E-state index in [0.717, 1.165) is 18.6 Å². The van der Waals surface area contributed by atoms with E-state index in [1.165, 1.54) is 67.4 Å². The van der Waals surface area contributed by atoms with Crippen LogP contribution in [0.5, 0.6) is 5.75 Å². The normalized spacial score (nSPS) is 25.7. The molecule has 2 aromatic rings. The van der Waals surface area contributed by atoms with Crippen molar-refractivity contribution in [3.8, 4) is 5.75 Å². The number of amides is 1. The van der Waals surface area contributed by atoms with E-state index in [-0.39, 0.29) is 30.6 Å². The second kappa shape index (κ2) is 11.4. The first-order valence-corrected chi connectivity index (χ1v) is 14.6. The smallest absolute Gasteiger partial charge is 0.261 e. The Bertz CT molecular complexity index is 970. The molecule has 5 nitrogen and oxygen atoms in total. The van der Waals surface area contributed by atoms with E-state index in [4.69, 9.17) is 4.74 Å². The van der Waals surface area contributed by atoms with Gasteiger partial charge in [-0.05, 0) is 80.7 Å². The molecule has 0 bridgehead atoms. The van der Waals surface area contributed by atoms with Gasteiger partial charge in [-0.1, -0.05) is 44.2 Å². The van der Waals surface area contributed by atoms with E-state index in [9.17, 15) is 4.79 Å². The molecule has 1 saturated carbocycles. The van der Waals surface area contributed by atoms with Gasteiger partial charge >= 0.3 is 0 Å². The summed E-state index contributed by atoms with van der Waals surface area (Å²) in [4.78, 5) is 17.0. The Morgan fingerprint density at radius 3 is 2.60 bits per heavy atom. The molecule has 3 atom stereocenters. The maximum atomic E-state index is 13.7. The molecule has 2 aliphatic carbocycles. The Balaban J connectivity index is 1.30. The molecule has 35 heavy (non-hydrogen) atoms. The standard InChI is InChI=1S/C29H41N3O2S/c1-21-29(22(2)32(30-21)25-12-6-4-3-5-7-13-25)31(19-27-14-9-17-35-27)28(33)20-34-26-16-15-23-10-8-11-24(23)18-26/h9,14-18,21-22,25,29-30H,3-8,10-13,19-20H2,1-2H3. The van der Waals surface area contributed by atoms with Gasteiger partial charge in [0.05, 0.1) is 12.6 Å². The van der Waals surface area contributed by atoms with Crippen molar-refractivity contribution >= 4 is 17.2 Å². The van der Waals surface area contributed by atoms with Gasteiger partial charge < -0.3 is 9.64 Å². The summed E-state index contributed by atoms with van der Waals surface area (Å²) in [6, 6.07) is 11.7. The van der Waals surface area contributed by atoms with Crippen LogP contribution in [-0.2, 0) is 24.2 Å². The Morgan fingerprint density at radius 1 is 1.06 bits per heavy atom. The van der Waals surface area contributed by atoms with Crippen LogP contribution in [0.1, 0.15) is 81.2 Å². The number of aryl methyl sites for hydroxylation is 2. The monoisotopic (exact) mass is 495 g/mol. The summed E-state index contributed by atoms with van der Waals surface area (Å²) >= 11 is 1.72. The van der Waals surface area contributed by atoms with Crippen LogP contribution in [0.15, 0.2) is 35.7 Å². The average Bonchev–Trinajstić information content (AvgIpc) is 3.57. The lowest BCUT2D eigenvalue weighted by Gasteiger charge is -2.36. The number of hydrogen-bond acceptors (Lipinski definition) is 5. The first-order chi connectivity index (χ1) is 17.1. The molecule has 1 N–H and O–H groups in total. The van der Waals surface area contributed by atoms with Gasteiger partial charge in [-0.3, -0.25) is 4.79 Å². The number of benzene rings is 1. The zero-order chi connectivity index (χ0) is 24.2. The first-order valence-electron chi connectivity index (χ1n) is 13.7. The molecule has 2 fully saturated rings. The average molecular weight is 496 g/mol. The molecule has 1 saturated heterocycles. The van der Waals surface area contributed by atoms with Crippen LogP contribution in [0.4, 0.5) is 0 Å². The molecule has 0 spiro atoms. The fourth-order valence-corrected chi connectivity index (χ4v) is 7.19. The van der Waals surface area contributed by atoms with Crippen molar-refractivity contribution < 1.29 is 9.53 Å². The van der Waals surface area contributed by atoms with Gasteiger partial charge in [-0.15, -0.1) is 11.3 Å². The number of hydrazine groups is 1. The van der Waals surface area contributed by atoms with Gasteiger partial charge in [0.25, 0.3) is 5.91 Å². The van der Waals surface area contributed by atoms with Gasteiger partial charge in [0.1, 0.15) is 5.75 Å². The Morgan fingerprint density at radius 2 is 1.83 bits per heavy atom. The van der Waals surface area contributed by atoms with Gasteiger partial charge in [-0.2, -0.15) is 0 Å². The maximum absolute atomic E-state index is 13.7. The predicted octanol–water partition coefficient (Wildman–Crippen LogP) is 5.72. The number of nitrogens with one attached hydrogen (secondary N) is 1. The molecule has 1 aromatic heterocycles. The lowest BCUT2D eigenvalue weighted by atomic mass is 9.95. The van der Waals surface area contributed by atoms with E-state index >= 15 is 0 Å². The molecular formula is C29H41N3O2S. The first kappa shape index (κ1) is 24.8. The fraction of sp³-hybridized carbons (Fsp3) is 0.621. The second-order valence-electron chi connectivity index (χ2n) is 10.7. The molecule has 6 heteroatoms. The van der Waals surface area contributed by atoms with Gasteiger partial charge in [-0.25, -0.2) is 10.4 Å². The van der Waals surface area contributed by atoms with Crippen molar-refractivity contribution in [1.82, 2.24) is 15.3 Å². The molecule has 3 unspecified atom stereocenters. The fourth-order valence-electron chi connectivity index (χ4n) is 6.49. The molecule has 1 aromatic carbocycles. The van der Waals surface area contributed by atoms with Crippen molar-refractivity contribution in [2.24, 2.45) is 0 Å². The van der Waals surface area contributed by atoms with Gasteiger partial charge in [0, 0.05) is 23.0 Å². The largest absolute Gasteiger partial charge is 0.484 e. The highest BCUT2D eigenvalue weighted by Gasteiger charge is 2.44. The Labute approximate surface area is 214 Å². The number of carbonyl (C=O) groups excluding carboxylic acids is 1. The van der Waals surface area contributed by atoms with Crippen molar-refractivity contribution in [2.75, 3.05) is 6.61 Å². The Hall–Kier alpha value is -1.89. The number of rotatable bonds is 7. The maximum Gasteiger partial charge on any atom is 0.261 e. The molecule has 2 heterocycles. The second-order valence-corrected chi connectivity index (χ2v) is 11.8. The number of nitrogens with zero attached hydrogens (tertiary/aromatic N) is 2. The van der Waals surface area contributed by atoms with Crippen LogP contribution in [0.2, 0.25) is 0 Å². The van der Waals surface area contributed by atoms with E-state index in [1.807, 2.05) is 6.07 Å². The van der Waals surface area contributed by atoms with Crippen LogP contribution in [0, 0.1) is 0 Å². The molecule has 5 rings (SSSR count). The molecule has 3 aliphatic rings.